The van der Waals surface area contributed by atoms with Crippen LogP contribution in [0.1, 0.15) is 43.2 Å². The van der Waals surface area contributed by atoms with E-state index in [1.165, 1.54) is 18.3 Å². The van der Waals surface area contributed by atoms with Crippen molar-refractivity contribution in [2.75, 3.05) is 5.32 Å². The van der Waals surface area contributed by atoms with Crippen LogP contribution in [0.2, 0.25) is 0 Å². The topological polar surface area (TPSA) is 127 Å². The van der Waals surface area contributed by atoms with E-state index in [-0.39, 0.29) is 23.5 Å². The Kier molecular flexibility index (Phi) is 6.36. The van der Waals surface area contributed by atoms with Crippen LogP contribution in [-0.2, 0) is 6.18 Å². The first-order chi connectivity index (χ1) is 14.6. The quantitative estimate of drug-likeness (QED) is 0.424. The van der Waals surface area contributed by atoms with E-state index in [0.29, 0.717) is 31.4 Å². The van der Waals surface area contributed by atoms with Gasteiger partial charge in [-0.25, -0.2) is 4.99 Å². The molecule has 0 spiro atoms. The lowest BCUT2D eigenvalue weighted by Gasteiger charge is -2.39. The van der Waals surface area contributed by atoms with Crippen LogP contribution >= 0.6 is 0 Å². The maximum absolute atomic E-state index is 12.7. The normalized spacial score (nSPS) is 22.0. The lowest BCUT2D eigenvalue weighted by atomic mass is 9.78. The molecular formula is C21H22F3N5O2. The SMILES string of the molecule is N#CCC1(Nc2cc[nH]c(=O)c2C(N)=Nc2ccc(C(F)(F)F)cc2)CCC(O)CC1. The van der Waals surface area contributed by atoms with Gasteiger partial charge in [0, 0.05) is 6.20 Å². The number of nitriles is 1. The number of aliphatic hydroxyl groups is 1. The van der Waals surface area contributed by atoms with Crippen molar-refractivity contribution in [1.82, 2.24) is 4.98 Å². The van der Waals surface area contributed by atoms with Gasteiger partial charge in [0.1, 0.15) is 11.4 Å². The Labute approximate surface area is 176 Å². The number of amidine groups is 1. The number of aromatic nitrogens is 1. The van der Waals surface area contributed by atoms with Gasteiger partial charge in [0.25, 0.3) is 5.56 Å². The van der Waals surface area contributed by atoms with Crippen molar-refractivity contribution < 1.29 is 18.3 Å². The van der Waals surface area contributed by atoms with Crippen LogP contribution in [0.4, 0.5) is 24.5 Å². The monoisotopic (exact) mass is 433 g/mol. The molecule has 1 aromatic heterocycles. The van der Waals surface area contributed by atoms with Gasteiger partial charge in [-0.15, -0.1) is 0 Å². The van der Waals surface area contributed by atoms with Crippen LogP contribution in [-0.4, -0.2) is 27.6 Å². The molecule has 0 saturated heterocycles. The maximum Gasteiger partial charge on any atom is 0.416 e. The number of H-pyrrole nitrogens is 1. The number of nitrogens with zero attached hydrogens (tertiary/aromatic N) is 2. The lowest BCUT2D eigenvalue weighted by Crippen LogP contribution is -2.44. The third-order valence-electron chi connectivity index (χ3n) is 5.39. The molecule has 164 valence electrons. The number of aliphatic hydroxyl groups excluding tert-OH is 1. The first-order valence-corrected chi connectivity index (χ1v) is 9.70. The molecule has 1 aliphatic rings. The summed E-state index contributed by atoms with van der Waals surface area (Å²) >= 11 is 0. The van der Waals surface area contributed by atoms with E-state index < -0.39 is 28.9 Å². The van der Waals surface area contributed by atoms with Gasteiger partial charge in [0.15, 0.2) is 0 Å². The minimum atomic E-state index is -4.47. The van der Waals surface area contributed by atoms with Crippen molar-refractivity contribution >= 4 is 17.2 Å². The summed E-state index contributed by atoms with van der Waals surface area (Å²) in [6, 6.07) is 7.85. The molecule has 10 heteroatoms. The molecule has 7 nitrogen and oxygen atoms in total. The van der Waals surface area contributed by atoms with E-state index in [9.17, 15) is 28.3 Å². The smallest absolute Gasteiger partial charge is 0.393 e. The average molecular weight is 433 g/mol. The maximum atomic E-state index is 12.7. The van der Waals surface area contributed by atoms with Gasteiger partial charge in [-0.2, -0.15) is 18.4 Å². The Bertz CT molecular complexity index is 1050. The Morgan fingerprint density at radius 2 is 1.94 bits per heavy atom. The Morgan fingerprint density at radius 3 is 2.52 bits per heavy atom. The van der Waals surface area contributed by atoms with E-state index in [4.69, 9.17) is 5.73 Å². The number of nitrogens with one attached hydrogen (secondary N) is 2. The number of rotatable bonds is 5. The van der Waals surface area contributed by atoms with Crippen molar-refractivity contribution in [3.8, 4) is 6.07 Å². The lowest BCUT2D eigenvalue weighted by molar-refractivity contribution is -0.137. The summed E-state index contributed by atoms with van der Waals surface area (Å²) in [4.78, 5) is 19.1. The Hall–Kier alpha value is -3.32. The second kappa shape index (κ2) is 8.81. The molecule has 0 aliphatic heterocycles. The second-order valence-electron chi connectivity index (χ2n) is 7.61. The molecule has 1 fully saturated rings. The summed E-state index contributed by atoms with van der Waals surface area (Å²) in [5, 5.41) is 22.4. The van der Waals surface area contributed by atoms with Crippen LogP contribution < -0.4 is 16.6 Å². The van der Waals surface area contributed by atoms with Crippen LogP contribution in [0.5, 0.6) is 0 Å². The van der Waals surface area contributed by atoms with Crippen molar-refractivity contribution in [3.63, 3.8) is 0 Å². The van der Waals surface area contributed by atoms with Crippen molar-refractivity contribution in [2.24, 2.45) is 10.7 Å². The predicted octanol–water partition coefficient (Wildman–Crippen LogP) is 3.43. The zero-order chi connectivity index (χ0) is 22.6. The van der Waals surface area contributed by atoms with E-state index in [1.54, 1.807) is 6.07 Å². The second-order valence-corrected chi connectivity index (χ2v) is 7.61. The highest BCUT2D eigenvalue weighted by Gasteiger charge is 2.35. The number of anilines is 1. The molecule has 31 heavy (non-hydrogen) atoms. The van der Waals surface area contributed by atoms with Crippen molar-refractivity contribution in [3.05, 3.63) is 58.0 Å². The third kappa shape index (κ3) is 5.24. The van der Waals surface area contributed by atoms with Gasteiger partial charge in [-0.05, 0) is 56.0 Å². The number of alkyl halides is 3. The van der Waals surface area contributed by atoms with Crippen molar-refractivity contribution in [1.29, 1.82) is 5.26 Å². The van der Waals surface area contributed by atoms with Gasteiger partial charge in [0.05, 0.1) is 41.1 Å². The molecule has 1 saturated carbocycles. The minimum absolute atomic E-state index is 0.0332. The molecule has 3 rings (SSSR count). The number of hydrogen-bond acceptors (Lipinski definition) is 5. The molecule has 5 N–H and O–H groups in total. The number of hydrogen-bond donors (Lipinski definition) is 4. The third-order valence-corrected chi connectivity index (χ3v) is 5.39. The molecule has 2 aromatic rings. The largest absolute Gasteiger partial charge is 0.416 e. The molecule has 1 aromatic carbocycles. The molecule has 0 amide bonds. The summed E-state index contributed by atoms with van der Waals surface area (Å²) in [6.07, 6.45) is -1.21. The number of benzene rings is 1. The highest BCUT2D eigenvalue weighted by atomic mass is 19.4. The zero-order valence-electron chi connectivity index (χ0n) is 16.5. The summed E-state index contributed by atoms with van der Waals surface area (Å²) in [7, 11) is 0. The highest BCUT2D eigenvalue weighted by Crippen LogP contribution is 2.35. The zero-order valence-corrected chi connectivity index (χ0v) is 16.5. The molecule has 0 bridgehead atoms. The molecular weight excluding hydrogens is 411 g/mol. The number of halogens is 3. The summed E-state index contributed by atoms with van der Waals surface area (Å²) < 4.78 is 38.2. The van der Waals surface area contributed by atoms with Crippen LogP contribution in [0.15, 0.2) is 46.3 Å². The molecule has 1 aliphatic carbocycles. The molecule has 1 heterocycles. The standard InChI is InChI=1S/C21H22F3N5O2/c22-21(23,24)13-1-3-14(4-2-13)28-18(26)17-16(7-12-27-19(17)31)29-20(10-11-25)8-5-15(30)6-9-20/h1-4,7,12,15,30H,5-6,8-10H2,(H2,26,28)(H2,27,29,31). The van der Waals surface area contributed by atoms with Gasteiger partial charge in [-0.1, -0.05) is 0 Å². The van der Waals surface area contributed by atoms with E-state index in [2.05, 4.69) is 21.4 Å². The van der Waals surface area contributed by atoms with Crippen LogP contribution in [0.3, 0.4) is 0 Å². The van der Waals surface area contributed by atoms with Crippen LogP contribution in [0.25, 0.3) is 0 Å². The fourth-order valence-corrected chi connectivity index (χ4v) is 3.70. The number of aromatic amines is 1. The number of aliphatic imine (C=N–C) groups is 1. The van der Waals surface area contributed by atoms with Crippen molar-refractivity contribution in [2.45, 2.75) is 49.9 Å². The Morgan fingerprint density at radius 1 is 1.29 bits per heavy atom. The van der Waals surface area contributed by atoms with E-state index in [0.717, 1.165) is 12.1 Å². The highest BCUT2D eigenvalue weighted by molar-refractivity contribution is 6.03. The molecule has 0 atom stereocenters. The molecule has 0 unspecified atom stereocenters. The van der Waals surface area contributed by atoms with Crippen LogP contribution in [0, 0.1) is 11.3 Å². The minimum Gasteiger partial charge on any atom is -0.393 e. The fraction of sp³-hybridized carbons (Fsp3) is 0.381. The van der Waals surface area contributed by atoms with Gasteiger partial charge in [0.2, 0.25) is 0 Å². The summed E-state index contributed by atoms with van der Waals surface area (Å²) in [5.41, 5.74) is 4.64. The predicted molar refractivity (Wildman–Crippen MR) is 110 cm³/mol. The van der Waals surface area contributed by atoms with Gasteiger partial charge < -0.3 is 21.1 Å². The fourth-order valence-electron chi connectivity index (χ4n) is 3.70. The van der Waals surface area contributed by atoms with E-state index in [1.807, 2.05) is 0 Å². The van der Waals surface area contributed by atoms with Gasteiger partial charge >= 0.3 is 6.18 Å². The summed E-state index contributed by atoms with van der Waals surface area (Å²) in [6.45, 7) is 0. The first-order valence-electron chi connectivity index (χ1n) is 9.70. The van der Waals surface area contributed by atoms with E-state index >= 15 is 0 Å². The average Bonchev–Trinajstić information content (AvgIpc) is 2.70. The number of pyridine rings is 1. The molecule has 0 radical (unpaired) electrons. The summed E-state index contributed by atoms with van der Waals surface area (Å²) in [5.74, 6) is -0.174. The number of nitrogens with two attached hydrogens (primary N) is 1. The van der Waals surface area contributed by atoms with Gasteiger partial charge in [-0.3, -0.25) is 4.79 Å². The Balaban J connectivity index is 1.94. The first kappa shape index (κ1) is 22.4.